The summed E-state index contributed by atoms with van der Waals surface area (Å²) < 4.78 is 7.04. The SMILES string of the molecule is CC1CCC(C(C)C)C(OC(=O)C(C)n2cc(Cl)cc(Cl)c2=O)C1. The molecule has 0 saturated heterocycles. The first kappa shape index (κ1) is 19.3. The Morgan fingerprint density at radius 2 is 1.96 bits per heavy atom. The van der Waals surface area contributed by atoms with Gasteiger partial charge in [-0.25, -0.2) is 4.79 Å². The summed E-state index contributed by atoms with van der Waals surface area (Å²) in [6, 6.07) is 0.608. The van der Waals surface area contributed by atoms with Gasteiger partial charge in [-0.2, -0.15) is 0 Å². The molecule has 0 radical (unpaired) electrons. The number of carbonyl (C=O) groups is 1. The second-order valence-corrected chi connectivity index (χ2v) is 8.04. The van der Waals surface area contributed by atoms with Crippen molar-refractivity contribution in [3.63, 3.8) is 0 Å². The lowest BCUT2D eigenvalue weighted by Gasteiger charge is -2.37. The lowest BCUT2D eigenvalue weighted by Crippen LogP contribution is -2.38. The molecule has 2 rings (SSSR count). The molecule has 134 valence electrons. The Bertz CT molecular complexity index is 656. The van der Waals surface area contributed by atoms with Gasteiger partial charge in [0.2, 0.25) is 0 Å². The molecule has 0 bridgehead atoms. The maximum absolute atomic E-state index is 12.6. The Kier molecular flexibility index (Phi) is 6.38. The van der Waals surface area contributed by atoms with E-state index >= 15 is 0 Å². The number of hydrogen-bond donors (Lipinski definition) is 0. The van der Waals surface area contributed by atoms with Gasteiger partial charge < -0.3 is 4.74 Å². The summed E-state index contributed by atoms with van der Waals surface area (Å²) in [5.74, 6) is 0.933. The number of pyridine rings is 1. The van der Waals surface area contributed by atoms with E-state index in [4.69, 9.17) is 27.9 Å². The Hall–Kier alpha value is -1.00. The largest absolute Gasteiger partial charge is 0.461 e. The van der Waals surface area contributed by atoms with Crippen LogP contribution >= 0.6 is 23.2 Å². The molecule has 6 heteroatoms. The zero-order valence-corrected chi connectivity index (χ0v) is 16.1. The molecule has 1 aromatic rings. The highest BCUT2D eigenvalue weighted by atomic mass is 35.5. The van der Waals surface area contributed by atoms with Crippen LogP contribution in [0.2, 0.25) is 10.0 Å². The fourth-order valence-electron chi connectivity index (χ4n) is 3.43. The minimum atomic E-state index is -0.765. The van der Waals surface area contributed by atoms with Crippen LogP contribution in [0.25, 0.3) is 0 Å². The Morgan fingerprint density at radius 1 is 1.29 bits per heavy atom. The zero-order chi connectivity index (χ0) is 18.0. The van der Waals surface area contributed by atoms with Gasteiger partial charge in [0.1, 0.15) is 17.2 Å². The summed E-state index contributed by atoms with van der Waals surface area (Å²) >= 11 is 11.8. The van der Waals surface area contributed by atoms with Gasteiger partial charge >= 0.3 is 5.97 Å². The van der Waals surface area contributed by atoms with Gasteiger partial charge in [-0.3, -0.25) is 9.36 Å². The molecule has 4 unspecified atom stereocenters. The maximum Gasteiger partial charge on any atom is 0.329 e. The molecule has 1 heterocycles. The van der Waals surface area contributed by atoms with Crippen molar-refractivity contribution in [2.45, 2.75) is 59.1 Å². The minimum absolute atomic E-state index is 0.00602. The van der Waals surface area contributed by atoms with Gasteiger partial charge in [-0.15, -0.1) is 0 Å². The van der Waals surface area contributed by atoms with Gasteiger partial charge in [0.15, 0.2) is 0 Å². The standard InChI is InChI=1S/C18H25Cl2NO3/c1-10(2)14-6-5-11(3)7-16(14)24-18(23)12(4)21-9-13(19)8-15(20)17(21)22/h8-12,14,16H,5-7H2,1-4H3. The van der Waals surface area contributed by atoms with E-state index in [1.165, 1.54) is 16.8 Å². The highest BCUT2D eigenvalue weighted by Crippen LogP contribution is 2.35. The fraction of sp³-hybridized carbons (Fsp3) is 0.667. The summed E-state index contributed by atoms with van der Waals surface area (Å²) in [6.07, 6.45) is 4.41. The second kappa shape index (κ2) is 7.92. The van der Waals surface area contributed by atoms with E-state index in [-0.39, 0.29) is 11.1 Å². The van der Waals surface area contributed by atoms with Gasteiger partial charge in [0, 0.05) is 6.20 Å². The monoisotopic (exact) mass is 373 g/mol. The van der Waals surface area contributed by atoms with E-state index in [0.717, 1.165) is 19.3 Å². The van der Waals surface area contributed by atoms with E-state index in [1.54, 1.807) is 6.92 Å². The van der Waals surface area contributed by atoms with E-state index in [9.17, 15) is 9.59 Å². The van der Waals surface area contributed by atoms with Crippen LogP contribution in [0.5, 0.6) is 0 Å². The summed E-state index contributed by atoms with van der Waals surface area (Å²) in [4.78, 5) is 24.7. The van der Waals surface area contributed by atoms with Crippen LogP contribution in [0.15, 0.2) is 17.1 Å². The number of hydrogen-bond acceptors (Lipinski definition) is 3. The lowest BCUT2D eigenvalue weighted by atomic mass is 9.75. The predicted molar refractivity (Wildman–Crippen MR) is 96.7 cm³/mol. The average Bonchev–Trinajstić information content (AvgIpc) is 2.49. The molecule has 0 spiro atoms. The van der Waals surface area contributed by atoms with E-state index in [2.05, 4.69) is 20.8 Å². The first-order valence-corrected chi connectivity index (χ1v) is 9.24. The number of halogens is 2. The summed E-state index contributed by atoms with van der Waals surface area (Å²) in [7, 11) is 0. The van der Waals surface area contributed by atoms with Crippen molar-refractivity contribution in [3.05, 3.63) is 32.7 Å². The molecule has 1 aliphatic rings. The third-order valence-corrected chi connectivity index (χ3v) is 5.43. The molecule has 24 heavy (non-hydrogen) atoms. The number of nitrogens with zero attached hydrogens (tertiary/aromatic N) is 1. The third-order valence-electron chi connectivity index (χ3n) is 4.95. The molecule has 0 aromatic carbocycles. The molecular weight excluding hydrogens is 349 g/mol. The van der Waals surface area contributed by atoms with Gasteiger partial charge in [0.25, 0.3) is 5.56 Å². The maximum atomic E-state index is 12.6. The Balaban J connectivity index is 2.17. The first-order chi connectivity index (χ1) is 11.2. The minimum Gasteiger partial charge on any atom is -0.461 e. The molecule has 0 aliphatic heterocycles. The number of esters is 1. The molecule has 4 atom stereocenters. The fourth-order valence-corrected chi connectivity index (χ4v) is 3.92. The van der Waals surface area contributed by atoms with Crippen molar-refractivity contribution in [3.8, 4) is 0 Å². The van der Waals surface area contributed by atoms with Gasteiger partial charge in [0.05, 0.1) is 5.02 Å². The molecule has 1 fully saturated rings. The van der Waals surface area contributed by atoms with Gasteiger partial charge in [-0.1, -0.05) is 50.4 Å². The molecule has 1 aromatic heterocycles. The molecule has 0 N–H and O–H groups in total. The average molecular weight is 374 g/mol. The van der Waals surface area contributed by atoms with Crippen molar-refractivity contribution in [1.29, 1.82) is 0 Å². The van der Waals surface area contributed by atoms with Gasteiger partial charge in [-0.05, 0) is 43.6 Å². The van der Waals surface area contributed by atoms with Crippen LogP contribution < -0.4 is 5.56 Å². The molecular formula is C18H25Cl2NO3. The highest BCUT2D eigenvalue weighted by Gasteiger charge is 2.34. The second-order valence-electron chi connectivity index (χ2n) is 7.20. The smallest absolute Gasteiger partial charge is 0.329 e. The normalized spacial score (nSPS) is 25.5. The van der Waals surface area contributed by atoms with Crippen LogP contribution in [0.1, 0.15) is 53.0 Å². The zero-order valence-electron chi connectivity index (χ0n) is 14.6. The third kappa shape index (κ3) is 4.34. The summed E-state index contributed by atoms with van der Waals surface area (Å²) in [5, 5.41) is 0.305. The summed E-state index contributed by atoms with van der Waals surface area (Å²) in [5.41, 5.74) is -0.442. The van der Waals surface area contributed by atoms with Crippen molar-refractivity contribution >= 4 is 29.2 Å². The van der Waals surface area contributed by atoms with E-state index in [0.29, 0.717) is 22.8 Å². The number of aromatic nitrogens is 1. The van der Waals surface area contributed by atoms with Crippen molar-refractivity contribution in [1.82, 2.24) is 4.57 Å². The number of carbonyl (C=O) groups excluding carboxylic acids is 1. The number of ether oxygens (including phenoxy) is 1. The topological polar surface area (TPSA) is 48.3 Å². The van der Waals surface area contributed by atoms with Crippen molar-refractivity contribution in [2.75, 3.05) is 0 Å². The van der Waals surface area contributed by atoms with Crippen LogP contribution in [0.4, 0.5) is 0 Å². The van der Waals surface area contributed by atoms with Crippen LogP contribution in [-0.2, 0) is 9.53 Å². The van der Waals surface area contributed by atoms with Crippen LogP contribution in [0, 0.1) is 17.8 Å². The predicted octanol–water partition coefficient (Wildman–Crippen LogP) is 4.72. The Labute approximate surface area is 153 Å². The van der Waals surface area contributed by atoms with E-state index < -0.39 is 17.6 Å². The highest BCUT2D eigenvalue weighted by molar-refractivity contribution is 6.34. The van der Waals surface area contributed by atoms with Crippen molar-refractivity contribution in [2.24, 2.45) is 17.8 Å². The molecule has 4 nitrogen and oxygen atoms in total. The van der Waals surface area contributed by atoms with E-state index in [1.807, 2.05) is 0 Å². The van der Waals surface area contributed by atoms with Crippen LogP contribution in [-0.4, -0.2) is 16.6 Å². The lowest BCUT2D eigenvalue weighted by molar-refractivity contribution is -0.159. The van der Waals surface area contributed by atoms with Crippen LogP contribution in [0.3, 0.4) is 0 Å². The number of rotatable bonds is 4. The Morgan fingerprint density at radius 3 is 2.58 bits per heavy atom. The van der Waals surface area contributed by atoms with Crippen molar-refractivity contribution < 1.29 is 9.53 Å². The quantitative estimate of drug-likeness (QED) is 0.717. The summed E-state index contributed by atoms with van der Waals surface area (Å²) in [6.45, 7) is 8.13. The molecule has 1 saturated carbocycles. The molecule has 0 amide bonds. The first-order valence-electron chi connectivity index (χ1n) is 8.48. The molecule has 1 aliphatic carbocycles.